The fourth-order valence-electron chi connectivity index (χ4n) is 6.04. The first-order chi connectivity index (χ1) is 19.9. The molecule has 1 heterocycles. The van der Waals surface area contributed by atoms with Gasteiger partial charge >= 0.3 is 5.97 Å². The number of piperidine rings is 1. The van der Waals surface area contributed by atoms with Gasteiger partial charge in [0, 0.05) is 43.7 Å². The molecule has 2 fully saturated rings. The zero-order chi connectivity index (χ0) is 29.2. The summed E-state index contributed by atoms with van der Waals surface area (Å²) in [6.07, 6.45) is 8.12. The van der Waals surface area contributed by atoms with E-state index in [0.717, 1.165) is 51.6 Å². The van der Waals surface area contributed by atoms with Crippen LogP contribution in [0.15, 0.2) is 54.6 Å². The molecule has 0 spiro atoms. The van der Waals surface area contributed by atoms with Gasteiger partial charge in [-0.2, -0.15) is 0 Å². The number of rotatable bonds is 11. The highest BCUT2D eigenvalue weighted by Crippen LogP contribution is 2.32. The van der Waals surface area contributed by atoms with Crippen LogP contribution in [0, 0.1) is 5.92 Å². The molecule has 2 N–H and O–H groups in total. The van der Waals surface area contributed by atoms with E-state index in [-0.39, 0.29) is 55.4 Å². The summed E-state index contributed by atoms with van der Waals surface area (Å²) in [7, 11) is 1.28. The quantitative estimate of drug-likeness (QED) is 0.321. The molecule has 2 aromatic rings. The Bertz CT molecular complexity index is 1240. The Morgan fingerprint density at radius 1 is 0.976 bits per heavy atom. The fraction of sp³-hybridized carbons (Fsp3) is 0.500. The van der Waals surface area contributed by atoms with Crippen LogP contribution in [0.5, 0.6) is 0 Å². The number of carbonyl (C=O) groups is 4. The normalized spacial score (nSPS) is 17.4. The summed E-state index contributed by atoms with van der Waals surface area (Å²) in [6.45, 7) is 3.82. The van der Waals surface area contributed by atoms with Crippen LogP contribution in [-0.4, -0.2) is 79.4 Å². The van der Waals surface area contributed by atoms with Crippen LogP contribution in [-0.2, 0) is 23.9 Å². The predicted molar refractivity (Wildman–Crippen MR) is 158 cm³/mol. The minimum atomic E-state index is -0.506. The maximum atomic E-state index is 13.6. The second-order valence-electron chi connectivity index (χ2n) is 11.0. The number of carbonyl (C=O) groups excluding carboxylic acids is 4. The van der Waals surface area contributed by atoms with Crippen molar-refractivity contribution in [2.75, 3.05) is 39.8 Å². The van der Waals surface area contributed by atoms with Crippen molar-refractivity contribution in [3.8, 4) is 0 Å². The zero-order valence-corrected chi connectivity index (χ0v) is 24.1. The molecule has 9 heteroatoms. The molecule has 3 amide bonds. The average Bonchev–Trinajstić information content (AvgIpc) is 3.55. The van der Waals surface area contributed by atoms with Crippen molar-refractivity contribution in [3.63, 3.8) is 0 Å². The first kappa shape index (κ1) is 30.2. The maximum absolute atomic E-state index is 13.6. The molecule has 1 atom stereocenters. The summed E-state index contributed by atoms with van der Waals surface area (Å²) in [5.41, 5.74) is 1.30. The maximum Gasteiger partial charge on any atom is 0.330 e. The van der Waals surface area contributed by atoms with E-state index >= 15 is 0 Å². The number of ether oxygens (including phenoxy) is 1. The average molecular weight is 563 g/mol. The molecular formula is C32H42N4O5. The minimum Gasteiger partial charge on any atom is -0.466 e. The number of likely N-dealkylation sites (tertiary alicyclic amines) is 1. The third-order valence-corrected chi connectivity index (χ3v) is 8.38. The number of amides is 3. The Hall–Kier alpha value is -3.72. The summed E-state index contributed by atoms with van der Waals surface area (Å²) in [5, 5.41) is 7.76. The Morgan fingerprint density at radius 2 is 1.68 bits per heavy atom. The van der Waals surface area contributed by atoms with Gasteiger partial charge in [-0.1, -0.05) is 61.4 Å². The standard InChI is InChI=1S/C32H42N4O5/c1-23(27-14-7-12-24-9-5-6-13-28(24)27)35-19-16-26(17-20-35)36(32(40)25-10-3-4-11-25)22-30(38)34-21-29(37)33-18-8-15-31(39)41-2/h5-9,12-15,23,25-26H,3-4,10-11,16-22H2,1-2H3,(H,33,37)(H,34,38)/b15-8+. The van der Waals surface area contributed by atoms with Gasteiger partial charge < -0.3 is 20.3 Å². The van der Waals surface area contributed by atoms with Crippen molar-refractivity contribution in [2.24, 2.45) is 5.92 Å². The fourth-order valence-corrected chi connectivity index (χ4v) is 6.04. The molecular weight excluding hydrogens is 520 g/mol. The first-order valence-electron chi connectivity index (χ1n) is 14.7. The number of benzene rings is 2. The van der Waals surface area contributed by atoms with Gasteiger partial charge in [0.2, 0.25) is 17.7 Å². The highest BCUT2D eigenvalue weighted by atomic mass is 16.5. The van der Waals surface area contributed by atoms with E-state index in [2.05, 4.69) is 69.7 Å². The predicted octanol–water partition coefficient (Wildman–Crippen LogP) is 3.35. The number of nitrogens with zero attached hydrogens (tertiary/aromatic N) is 2. The van der Waals surface area contributed by atoms with Gasteiger partial charge in [-0.3, -0.25) is 19.3 Å². The van der Waals surface area contributed by atoms with Crippen LogP contribution in [0.2, 0.25) is 0 Å². The van der Waals surface area contributed by atoms with E-state index in [1.165, 1.54) is 35.6 Å². The van der Waals surface area contributed by atoms with Crippen LogP contribution in [0.25, 0.3) is 10.8 Å². The molecule has 220 valence electrons. The third-order valence-electron chi connectivity index (χ3n) is 8.38. The molecule has 0 radical (unpaired) electrons. The molecule has 4 rings (SSSR count). The van der Waals surface area contributed by atoms with Crippen LogP contribution < -0.4 is 10.6 Å². The first-order valence-corrected chi connectivity index (χ1v) is 14.7. The van der Waals surface area contributed by atoms with E-state index < -0.39 is 5.97 Å². The van der Waals surface area contributed by atoms with Crippen molar-refractivity contribution in [1.29, 1.82) is 0 Å². The van der Waals surface area contributed by atoms with E-state index in [4.69, 9.17) is 0 Å². The van der Waals surface area contributed by atoms with Gasteiger partial charge in [0.05, 0.1) is 20.2 Å². The van der Waals surface area contributed by atoms with Crippen molar-refractivity contribution in [3.05, 3.63) is 60.2 Å². The number of esters is 1. The van der Waals surface area contributed by atoms with E-state index in [0.29, 0.717) is 0 Å². The zero-order valence-electron chi connectivity index (χ0n) is 24.1. The Kier molecular flexibility index (Phi) is 10.9. The summed E-state index contributed by atoms with van der Waals surface area (Å²) < 4.78 is 4.50. The highest BCUT2D eigenvalue weighted by Gasteiger charge is 2.35. The van der Waals surface area contributed by atoms with Gasteiger partial charge in [0.15, 0.2) is 0 Å². The molecule has 9 nitrogen and oxygen atoms in total. The lowest BCUT2D eigenvalue weighted by atomic mass is 9.95. The van der Waals surface area contributed by atoms with Crippen LogP contribution in [0.1, 0.15) is 57.1 Å². The molecule has 1 saturated heterocycles. The summed E-state index contributed by atoms with van der Waals surface area (Å²) in [6, 6.07) is 15.1. The van der Waals surface area contributed by atoms with Crippen LogP contribution in [0.4, 0.5) is 0 Å². The lowest BCUT2D eigenvalue weighted by molar-refractivity contribution is -0.143. The van der Waals surface area contributed by atoms with E-state index in [1.54, 1.807) is 4.90 Å². The molecule has 2 aliphatic rings. The number of nitrogens with one attached hydrogen (secondary N) is 2. The van der Waals surface area contributed by atoms with Crippen LogP contribution in [0.3, 0.4) is 0 Å². The van der Waals surface area contributed by atoms with Crippen LogP contribution >= 0.6 is 0 Å². The molecule has 0 bridgehead atoms. The SMILES string of the molecule is COC(=O)/C=C/CNC(=O)CNC(=O)CN(C(=O)C1CCCC1)C1CCN(C(C)c2cccc3ccccc23)CC1. The van der Waals surface area contributed by atoms with E-state index in [1.807, 2.05) is 0 Å². The molecule has 41 heavy (non-hydrogen) atoms. The summed E-state index contributed by atoms with van der Waals surface area (Å²) in [4.78, 5) is 53.9. The largest absolute Gasteiger partial charge is 0.466 e. The molecule has 1 aliphatic heterocycles. The third kappa shape index (κ3) is 8.16. The topological polar surface area (TPSA) is 108 Å². The Balaban J connectivity index is 1.33. The monoisotopic (exact) mass is 562 g/mol. The van der Waals surface area contributed by atoms with Gasteiger partial charge in [-0.25, -0.2) is 4.79 Å². The summed E-state index contributed by atoms with van der Waals surface area (Å²) >= 11 is 0. The summed E-state index contributed by atoms with van der Waals surface area (Å²) in [5.74, 6) is -1.19. The Labute approximate surface area is 242 Å². The highest BCUT2D eigenvalue weighted by molar-refractivity contribution is 5.89. The minimum absolute atomic E-state index is 0.0119. The number of fused-ring (bicyclic) bond motifs is 1. The number of methoxy groups -OCH3 is 1. The van der Waals surface area contributed by atoms with Crippen molar-refractivity contribution < 1.29 is 23.9 Å². The van der Waals surface area contributed by atoms with Crippen molar-refractivity contribution >= 4 is 34.5 Å². The lowest BCUT2D eigenvalue weighted by Crippen LogP contribution is -2.53. The molecule has 2 aromatic carbocycles. The van der Waals surface area contributed by atoms with E-state index in [9.17, 15) is 19.2 Å². The van der Waals surface area contributed by atoms with Gasteiger partial charge in [0.25, 0.3) is 0 Å². The molecule has 1 saturated carbocycles. The lowest BCUT2D eigenvalue weighted by Gasteiger charge is -2.41. The van der Waals surface area contributed by atoms with Gasteiger partial charge in [-0.15, -0.1) is 0 Å². The number of hydrogen-bond acceptors (Lipinski definition) is 6. The second kappa shape index (κ2) is 14.8. The molecule has 1 aliphatic carbocycles. The smallest absolute Gasteiger partial charge is 0.330 e. The van der Waals surface area contributed by atoms with Crippen molar-refractivity contribution in [2.45, 2.75) is 57.5 Å². The second-order valence-corrected chi connectivity index (χ2v) is 11.0. The number of hydrogen-bond donors (Lipinski definition) is 2. The Morgan fingerprint density at radius 3 is 2.41 bits per heavy atom. The van der Waals surface area contributed by atoms with Crippen molar-refractivity contribution in [1.82, 2.24) is 20.4 Å². The van der Waals surface area contributed by atoms with Gasteiger partial charge in [0.1, 0.15) is 0 Å². The van der Waals surface area contributed by atoms with Gasteiger partial charge in [-0.05, 0) is 48.9 Å². The molecule has 0 aromatic heterocycles. The molecule has 1 unspecified atom stereocenters.